The molecule has 0 aliphatic carbocycles. The fourth-order valence-electron chi connectivity index (χ4n) is 1.29. The first-order valence-electron chi connectivity index (χ1n) is 6.14. The van der Waals surface area contributed by atoms with Crippen LogP contribution < -0.4 is 5.32 Å². The van der Waals surface area contributed by atoms with E-state index in [2.05, 4.69) is 10.3 Å². The zero-order valence-electron chi connectivity index (χ0n) is 11.4. The van der Waals surface area contributed by atoms with Gasteiger partial charge in [-0.3, -0.25) is 9.59 Å². The molecule has 7 heteroatoms. The first kappa shape index (κ1) is 15.4. The summed E-state index contributed by atoms with van der Waals surface area (Å²) < 4.78 is 4.84. The zero-order chi connectivity index (χ0) is 14.3. The lowest BCUT2D eigenvalue weighted by molar-refractivity contribution is -0.142. The number of amides is 1. The summed E-state index contributed by atoms with van der Waals surface area (Å²) in [4.78, 5) is 28.7. The van der Waals surface area contributed by atoms with Gasteiger partial charge in [0.15, 0.2) is 5.13 Å². The van der Waals surface area contributed by atoms with E-state index < -0.39 is 0 Å². The van der Waals surface area contributed by atoms with Gasteiger partial charge in [-0.2, -0.15) is 0 Å². The number of nitrogens with zero attached hydrogens (tertiary/aromatic N) is 2. The molecule has 0 radical (unpaired) electrons. The number of hydrogen-bond acceptors (Lipinski definition) is 6. The van der Waals surface area contributed by atoms with Gasteiger partial charge in [0.1, 0.15) is 0 Å². The molecule has 1 amide bonds. The van der Waals surface area contributed by atoms with Crippen LogP contribution in [-0.4, -0.2) is 48.5 Å². The number of ether oxygens (including phenoxy) is 1. The molecule has 0 atom stereocenters. The number of nitrogens with one attached hydrogen (secondary N) is 1. The van der Waals surface area contributed by atoms with E-state index in [1.807, 2.05) is 6.92 Å². The number of rotatable bonds is 7. The average Bonchev–Trinajstić information content (AvgIpc) is 2.82. The number of aromatic nitrogens is 1. The summed E-state index contributed by atoms with van der Waals surface area (Å²) in [6.07, 6.45) is 0.162. The molecule has 6 nitrogen and oxygen atoms in total. The lowest BCUT2D eigenvalue weighted by Gasteiger charge is -2.14. The van der Waals surface area contributed by atoms with Crippen LogP contribution in [0, 0.1) is 0 Å². The largest absolute Gasteiger partial charge is 0.466 e. The monoisotopic (exact) mass is 285 g/mol. The summed E-state index contributed by atoms with van der Waals surface area (Å²) in [7, 11) is 1.75. The normalized spacial score (nSPS) is 10.1. The van der Waals surface area contributed by atoms with Gasteiger partial charge in [-0.1, -0.05) is 0 Å². The van der Waals surface area contributed by atoms with E-state index in [4.69, 9.17) is 4.74 Å². The van der Waals surface area contributed by atoms with Crippen molar-refractivity contribution in [2.45, 2.75) is 20.3 Å². The number of esters is 1. The highest BCUT2D eigenvalue weighted by molar-refractivity contribution is 7.13. The number of carbonyl (C=O) groups excluding carboxylic acids is 2. The summed E-state index contributed by atoms with van der Waals surface area (Å²) in [5.41, 5.74) is 0.655. The number of thiazole rings is 1. The fraction of sp³-hybridized carbons (Fsp3) is 0.583. The van der Waals surface area contributed by atoms with Gasteiger partial charge in [0, 0.05) is 19.0 Å². The lowest BCUT2D eigenvalue weighted by atomic mass is 10.3. The molecule has 0 bridgehead atoms. The average molecular weight is 285 g/mol. The Morgan fingerprint density at radius 1 is 1.47 bits per heavy atom. The third-order valence-electron chi connectivity index (χ3n) is 2.47. The Bertz CT molecular complexity index is 434. The van der Waals surface area contributed by atoms with Crippen LogP contribution in [-0.2, 0) is 20.7 Å². The van der Waals surface area contributed by atoms with Crippen molar-refractivity contribution in [1.82, 2.24) is 9.88 Å². The van der Waals surface area contributed by atoms with E-state index in [9.17, 15) is 9.59 Å². The van der Waals surface area contributed by atoms with Crippen LogP contribution in [0.3, 0.4) is 0 Å². The van der Waals surface area contributed by atoms with Gasteiger partial charge in [-0.15, -0.1) is 11.3 Å². The highest BCUT2D eigenvalue weighted by atomic mass is 32.1. The minimum Gasteiger partial charge on any atom is -0.466 e. The Kier molecular flexibility index (Phi) is 6.27. The van der Waals surface area contributed by atoms with Crippen molar-refractivity contribution in [1.29, 1.82) is 0 Å². The Labute approximate surface area is 116 Å². The second-order valence-electron chi connectivity index (χ2n) is 3.89. The minimum absolute atomic E-state index is 0.00430. The van der Waals surface area contributed by atoms with Crippen LogP contribution in [0.4, 0.5) is 5.13 Å². The van der Waals surface area contributed by atoms with Gasteiger partial charge in [0.05, 0.1) is 25.3 Å². The van der Waals surface area contributed by atoms with Gasteiger partial charge in [0.25, 0.3) is 0 Å². The van der Waals surface area contributed by atoms with Crippen molar-refractivity contribution in [3.8, 4) is 0 Å². The molecule has 0 saturated carbocycles. The van der Waals surface area contributed by atoms with Gasteiger partial charge in [0.2, 0.25) is 5.91 Å². The Hall–Kier alpha value is -1.63. The Morgan fingerprint density at radius 2 is 2.21 bits per heavy atom. The quantitative estimate of drug-likeness (QED) is 0.761. The number of hydrogen-bond donors (Lipinski definition) is 1. The van der Waals surface area contributed by atoms with E-state index in [0.29, 0.717) is 24.0 Å². The molecule has 0 aromatic carbocycles. The van der Waals surface area contributed by atoms with E-state index in [1.165, 1.54) is 11.3 Å². The first-order valence-corrected chi connectivity index (χ1v) is 7.02. The number of anilines is 1. The van der Waals surface area contributed by atoms with E-state index in [-0.39, 0.29) is 24.8 Å². The molecule has 1 heterocycles. The molecule has 19 heavy (non-hydrogen) atoms. The SMILES string of the molecule is CCOC(=O)Cc1csc(NCC(=O)N(C)CC)n1. The second kappa shape index (κ2) is 7.73. The third-order valence-corrected chi connectivity index (χ3v) is 3.32. The Balaban J connectivity index is 2.42. The fourth-order valence-corrected chi connectivity index (χ4v) is 2.00. The molecule has 0 aliphatic heterocycles. The van der Waals surface area contributed by atoms with Crippen LogP contribution >= 0.6 is 11.3 Å². The van der Waals surface area contributed by atoms with Crippen molar-refractivity contribution in [3.63, 3.8) is 0 Å². The van der Waals surface area contributed by atoms with Crippen molar-refractivity contribution in [3.05, 3.63) is 11.1 Å². The van der Waals surface area contributed by atoms with Crippen LogP contribution in [0.1, 0.15) is 19.5 Å². The predicted octanol–water partition coefficient (Wildman–Crippen LogP) is 1.14. The predicted molar refractivity (Wildman–Crippen MR) is 74.3 cm³/mol. The molecule has 106 valence electrons. The van der Waals surface area contributed by atoms with E-state index >= 15 is 0 Å². The molecule has 1 aromatic heterocycles. The molecular weight excluding hydrogens is 266 g/mol. The number of likely N-dealkylation sites (N-methyl/N-ethyl adjacent to an activating group) is 1. The molecule has 1 rings (SSSR count). The molecule has 0 unspecified atom stereocenters. The summed E-state index contributed by atoms with van der Waals surface area (Å²) >= 11 is 1.37. The van der Waals surface area contributed by atoms with Crippen molar-refractivity contribution in [2.24, 2.45) is 0 Å². The molecule has 1 N–H and O–H groups in total. The van der Waals surface area contributed by atoms with Gasteiger partial charge < -0.3 is 15.0 Å². The lowest BCUT2D eigenvalue weighted by Crippen LogP contribution is -2.31. The number of carbonyl (C=O) groups is 2. The van der Waals surface area contributed by atoms with Crippen molar-refractivity contribution < 1.29 is 14.3 Å². The second-order valence-corrected chi connectivity index (χ2v) is 4.75. The topological polar surface area (TPSA) is 71.5 Å². The molecule has 1 aromatic rings. The van der Waals surface area contributed by atoms with E-state index in [0.717, 1.165) is 0 Å². The van der Waals surface area contributed by atoms with Gasteiger partial charge in [-0.05, 0) is 13.8 Å². The van der Waals surface area contributed by atoms with Crippen LogP contribution in [0.2, 0.25) is 0 Å². The summed E-state index contributed by atoms with van der Waals surface area (Å²) in [6.45, 7) is 4.93. The van der Waals surface area contributed by atoms with E-state index in [1.54, 1.807) is 24.3 Å². The maximum Gasteiger partial charge on any atom is 0.311 e. The van der Waals surface area contributed by atoms with Gasteiger partial charge >= 0.3 is 5.97 Å². The maximum atomic E-state index is 11.6. The van der Waals surface area contributed by atoms with Gasteiger partial charge in [-0.25, -0.2) is 4.98 Å². The molecule has 0 spiro atoms. The summed E-state index contributed by atoms with van der Waals surface area (Å²) in [5, 5.41) is 5.37. The molecular formula is C12H19N3O3S. The smallest absolute Gasteiger partial charge is 0.311 e. The molecule has 0 aliphatic rings. The first-order chi connectivity index (χ1) is 9.06. The maximum absolute atomic E-state index is 11.6. The van der Waals surface area contributed by atoms with Crippen molar-refractivity contribution in [2.75, 3.05) is 32.1 Å². The highest BCUT2D eigenvalue weighted by Crippen LogP contribution is 2.15. The van der Waals surface area contributed by atoms with Crippen LogP contribution in [0.15, 0.2) is 5.38 Å². The minimum atomic E-state index is -0.291. The van der Waals surface area contributed by atoms with Crippen LogP contribution in [0.5, 0.6) is 0 Å². The Morgan fingerprint density at radius 3 is 2.84 bits per heavy atom. The van der Waals surface area contributed by atoms with Crippen LogP contribution in [0.25, 0.3) is 0 Å². The zero-order valence-corrected chi connectivity index (χ0v) is 12.2. The highest BCUT2D eigenvalue weighted by Gasteiger charge is 2.10. The third kappa shape index (κ3) is 5.25. The summed E-state index contributed by atoms with van der Waals surface area (Å²) in [6, 6.07) is 0. The standard InChI is InChI=1S/C12H19N3O3S/c1-4-15(3)10(16)7-13-12-14-9(8-19-12)6-11(17)18-5-2/h8H,4-7H2,1-3H3,(H,13,14). The summed E-state index contributed by atoms with van der Waals surface area (Å²) in [5.74, 6) is -0.286. The van der Waals surface area contributed by atoms with Crippen molar-refractivity contribution >= 4 is 28.3 Å². The molecule has 0 fully saturated rings. The molecule has 0 saturated heterocycles.